The van der Waals surface area contributed by atoms with Crippen LogP contribution in [0, 0.1) is 0 Å². The molecule has 0 spiro atoms. The summed E-state index contributed by atoms with van der Waals surface area (Å²) in [6.45, 7) is 2.07. The zero-order chi connectivity index (χ0) is 19.5. The van der Waals surface area contributed by atoms with E-state index >= 15 is 0 Å². The minimum Gasteiger partial charge on any atom is -0.490 e. The van der Waals surface area contributed by atoms with E-state index in [0.29, 0.717) is 11.6 Å². The quantitative estimate of drug-likeness (QED) is 0.367. The van der Waals surface area contributed by atoms with Crippen LogP contribution in [0.5, 0.6) is 5.75 Å². The maximum absolute atomic E-state index is 12.0. The topological polar surface area (TPSA) is 35.0 Å². The van der Waals surface area contributed by atoms with Crippen molar-refractivity contribution in [2.45, 2.75) is 51.6 Å². The number of halogens is 3. The summed E-state index contributed by atoms with van der Waals surface area (Å²) < 4.78 is 41.3. The predicted molar refractivity (Wildman–Crippen MR) is 101 cm³/mol. The monoisotopic (exact) mass is 378 g/mol. The third kappa shape index (κ3) is 8.24. The highest BCUT2D eigenvalue weighted by atomic mass is 19.4. The molecular formula is C21H25F3N2O. The van der Waals surface area contributed by atoms with E-state index in [1.807, 2.05) is 12.4 Å². The van der Waals surface area contributed by atoms with Crippen LogP contribution in [0.25, 0.3) is 11.4 Å². The summed E-state index contributed by atoms with van der Waals surface area (Å²) in [6, 6.07) is 6.98. The second-order valence-corrected chi connectivity index (χ2v) is 6.36. The lowest BCUT2D eigenvalue weighted by Crippen LogP contribution is -2.02. The summed E-state index contributed by atoms with van der Waals surface area (Å²) in [5.41, 5.74) is 1.97. The molecule has 0 N–H and O–H groups in total. The molecule has 1 aromatic carbocycles. The van der Waals surface area contributed by atoms with Crippen molar-refractivity contribution in [1.29, 1.82) is 0 Å². The van der Waals surface area contributed by atoms with E-state index < -0.39 is 6.18 Å². The lowest BCUT2D eigenvalue weighted by molar-refractivity contribution is -0.0801. The Hall–Kier alpha value is -2.37. The van der Waals surface area contributed by atoms with Crippen LogP contribution in [0.2, 0.25) is 0 Å². The molecule has 0 fully saturated rings. The van der Waals surface area contributed by atoms with Crippen LogP contribution in [-0.2, 0) is 6.42 Å². The van der Waals surface area contributed by atoms with Gasteiger partial charge in [-0.25, -0.2) is 9.97 Å². The van der Waals surface area contributed by atoms with Crippen molar-refractivity contribution in [3.8, 4) is 17.1 Å². The Balaban J connectivity index is 1.83. The predicted octanol–water partition coefficient (Wildman–Crippen LogP) is 6.15. The first-order chi connectivity index (χ1) is 13.0. The number of alkyl halides is 3. The van der Waals surface area contributed by atoms with Crippen LogP contribution < -0.4 is 4.74 Å². The van der Waals surface area contributed by atoms with Gasteiger partial charge in [0, 0.05) is 24.0 Å². The van der Waals surface area contributed by atoms with Crippen LogP contribution in [0.4, 0.5) is 13.2 Å². The first-order valence-electron chi connectivity index (χ1n) is 9.26. The van der Waals surface area contributed by atoms with Crippen molar-refractivity contribution in [1.82, 2.24) is 9.97 Å². The highest BCUT2D eigenvalue weighted by Crippen LogP contribution is 2.20. The Bertz CT molecular complexity index is 695. The van der Waals surface area contributed by atoms with Crippen LogP contribution in [0.1, 0.15) is 44.6 Å². The summed E-state index contributed by atoms with van der Waals surface area (Å²) >= 11 is 0. The molecular weight excluding hydrogens is 353 g/mol. The normalized spacial score (nSPS) is 11.9. The van der Waals surface area contributed by atoms with E-state index in [9.17, 15) is 13.2 Å². The molecule has 0 aliphatic heterocycles. The van der Waals surface area contributed by atoms with Crippen LogP contribution in [-0.4, -0.2) is 22.8 Å². The number of unbranched alkanes of at least 4 members (excludes halogenated alkanes) is 4. The van der Waals surface area contributed by atoms with Gasteiger partial charge in [-0.1, -0.05) is 32.6 Å². The zero-order valence-electron chi connectivity index (χ0n) is 15.5. The van der Waals surface area contributed by atoms with Gasteiger partial charge >= 0.3 is 6.18 Å². The molecule has 0 bridgehead atoms. The number of benzene rings is 1. The lowest BCUT2D eigenvalue weighted by atomic mass is 10.1. The molecule has 0 atom stereocenters. The van der Waals surface area contributed by atoms with Gasteiger partial charge in [0.25, 0.3) is 0 Å². The van der Waals surface area contributed by atoms with Gasteiger partial charge < -0.3 is 4.74 Å². The fourth-order valence-electron chi connectivity index (χ4n) is 2.59. The molecule has 2 rings (SSSR count). The fraction of sp³-hybridized carbons (Fsp3) is 0.429. The molecule has 2 aromatic rings. The number of nitrogens with zero attached hydrogens (tertiary/aromatic N) is 2. The molecule has 6 heteroatoms. The van der Waals surface area contributed by atoms with Crippen molar-refractivity contribution in [2.24, 2.45) is 0 Å². The van der Waals surface area contributed by atoms with Gasteiger partial charge in [0.1, 0.15) is 12.4 Å². The molecule has 0 radical (unpaired) electrons. The van der Waals surface area contributed by atoms with E-state index in [1.54, 1.807) is 24.3 Å². The molecule has 1 aromatic heterocycles. The highest BCUT2D eigenvalue weighted by molar-refractivity contribution is 5.55. The van der Waals surface area contributed by atoms with E-state index in [0.717, 1.165) is 30.0 Å². The largest absolute Gasteiger partial charge is 0.490 e. The van der Waals surface area contributed by atoms with Crippen LogP contribution in [0.3, 0.4) is 0 Å². The Kier molecular flexibility index (Phi) is 8.30. The Morgan fingerprint density at radius 2 is 1.63 bits per heavy atom. The Morgan fingerprint density at radius 3 is 2.26 bits per heavy atom. The molecule has 0 unspecified atom stereocenters. The van der Waals surface area contributed by atoms with Crippen molar-refractivity contribution >= 4 is 0 Å². The molecule has 1 heterocycles. The summed E-state index contributed by atoms with van der Waals surface area (Å²) in [6.07, 6.45) is 7.68. The van der Waals surface area contributed by atoms with Crippen LogP contribution >= 0.6 is 0 Å². The van der Waals surface area contributed by atoms with Gasteiger partial charge in [0.2, 0.25) is 0 Å². The standard InChI is InChI=1S/C21H25F3N2O/c1-2-3-4-5-6-8-17-15-25-20(26-16-17)18-9-11-19(12-10-18)27-14-7-13-21(22,23)24/h7,9-13,15-16H,2-6,8,14H2,1H3/b13-7+. The Labute approximate surface area is 158 Å². The van der Waals surface area contributed by atoms with Crippen molar-refractivity contribution < 1.29 is 17.9 Å². The number of rotatable bonds is 10. The number of hydrogen-bond donors (Lipinski definition) is 0. The van der Waals surface area contributed by atoms with Crippen molar-refractivity contribution in [3.63, 3.8) is 0 Å². The summed E-state index contributed by atoms with van der Waals surface area (Å²) in [7, 11) is 0. The summed E-state index contributed by atoms with van der Waals surface area (Å²) in [5.74, 6) is 1.11. The maximum atomic E-state index is 12.0. The number of allylic oxidation sites excluding steroid dienone is 1. The minimum absolute atomic E-state index is 0.137. The average molecular weight is 378 g/mol. The van der Waals surface area contributed by atoms with Gasteiger partial charge in [-0.2, -0.15) is 13.2 Å². The third-order valence-corrected chi connectivity index (χ3v) is 4.04. The van der Waals surface area contributed by atoms with Crippen LogP contribution in [0.15, 0.2) is 48.8 Å². The Morgan fingerprint density at radius 1 is 0.963 bits per heavy atom. The second kappa shape index (κ2) is 10.7. The molecule has 0 amide bonds. The SMILES string of the molecule is CCCCCCCc1cnc(-c2ccc(OC/C=C/C(F)(F)F)cc2)nc1. The van der Waals surface area contributed by atoms with E-state index in [4.69, 9.17) is 4.74 Å². The summed E-state index contributed by atoms with van der Waals surface area (Å²) in [4.78, 5) is 8.82. The molecule has 146 valence electrons. The minimum atomic E-state index is -4.31. The van der Waals surface area contributed by atoms with Gasteiger partial charge in [-0.05, 0) is 48.7 Å². The fourth-order valence-corrected chi connectivity index (χ4v) is 2.59. The smallest absolute Gasteiger partial charge is 0.409 e. The first-order valence-corrected chi connectivity index (χ1v) is 9.26. The molecule has 0 aliphatic rings. The van der Waals surface area contributed by atoms with Gasteiger partial charge in [-0.3, -0.25) is 0 Å². The van der Waals surface area contributed by atoms with E-state index in [-0.39, 0.29) is 12.7 Å². The van der Waals surface area contributed by atoms with Crippen molar-refractivity contribution in [2.75, 3.05) is 6.61 Å². The van der Waals surface area contributed by atoms with Gasteiger partial charge in [0.05, 0.1) is 0 Å². The van der Waals surface area contributed by atoms with Gasteiger partial charge in [-0.15, -0.1) is 0 Å². The number of hydrogen-bond acceptors (Lipinski definition) is 3. The molecule has 3 nitrogen and oxygen atoms in total. The number of ether oxygens (including phenoxy) is 1. The zero-order valence-corrected chi connectivity index (χ0v) is 15.5. The molecule has 0 saturated carbocycles. The summed E-state index contributed by atoms with van der Waals surface area (Å²) in [5, 5.41) is 0. The first kappa shape index (κ1) is 20.9. The highest BCUT2D eigenvalue weighted by Gasteiger charge is 2.21. The number of aryl methyl sites for hydroxylation is 1. The van der Waals surface area contributed by atoms with E-state index in [2.05, 4.69) is 16.9 Å². The molecule has 27 heavy (non-hydrogen) atoms. The van der Waals surface area contributed by atoms with Gasteiger partial charge in [0.15, 0.2) is 5.82 Å². The van der Waals surface area contributed by atoms with E-state index in [1.165, 1.54) is 25.7 Å². The number of aromatic nitrogens is 2. The lowest BCUT2D eigenvalue weighted by Gasteiger charge is -2.06. The average Bonchev–Trinajstić information content (AvgIpc) is 2.65. The second-order valence-electron chi connectivity index (χ2n) is 6.36. The maximum Gasteiger partial charge on any atom is 0.409 e. The third-order valence-electron chi connectivity index (χ3n) is 4.04. The van der Waals surface area contributed by atoms with Crippen molar-refractivity contribution in [3.05, 3.63) is 54.4 Å². The molecule has 0 aliphatic carbocycles. The molecule has 0 saturated heterocycles.